The lowest BCUT2D eigenvalue weighted by Crippen LogP contribution is -2.48. The Hall–Kier alpha value is -3.84. The number of carbonyl (C=O) groups is 8. The molecule has 0 atom stereocenters. The van der Waals surface area contributed by atoms with Crippen molar-refractivity contribution in [2.45, 2.75) is 38.2 Å². The van der Waals surface area contributed by atoms with Gasteiger partial charge in [-0.05, 0) is 0 Å². The molecule has 0 saturated carbocycles. The molecule has 14 nitrogen and oxygen atoms in total. The summed E-state index contributed by atoms with van der Waals surface area (Å²) in [4.78, 5) is 84.3. The van der Waals surface area contributed by atoms with E-state index in [0.29, 0.717) is 0 Å². The highest BCUT2D eigenvalue weighted by Gasteiger charge is 2.48. The van der Waals surface area contributed by atoms with Crippen molar-refractivity contribution < 1.29 is 68.6 Å². The number of carbonyl (C=O) groups excluding carboxylic acids is 3. The maximum Gasteiger partial charge on any atom is 0.375 e. The number of hydrogen-bond donors (Lipinski definition) is 5. The van der Waals surface area contributed by atoms with Gasteiger partial charge >= 0.3 is 35.8 Å². The molecule has 0 fully saturated rings. The number of hydrogen-bond acceptors (Lipinski definition) is 9. The standard InChI is InChI=1S/C11H12O11.C3H4O3/c12-5(1-2-6(13)14)9(19)22-11(10(20)21,3-7(15)16)4-8(17)18;1-2(4)3(5)6/h1-4H2,(H,13,14)(H,15,16)(H,17,18)(H,20,21);1H3,(H,5,6). The first-order chi connectivity index (χ1) is 12.6. The van der Waals surface area contributed by atoms with Crippen LogP contribution in [0.4, 0.5) is 0 Å². The zero-order chi connectivity index (χ0) is 22.7. The van der Waals surface area contributed by atoms with Crippen LogP contribution in [0.2, 0.25) is 0 Å². The second-order valence-electron chi connectivity index (χ2n) is 5.01. The van der Waals surface area contributed by atoms with Crippen LogP contribution in [-0.4, -0.2) is 78.5 Å². The monoisotopic (exact) mass is 408 g/mol. The molecule has 0 aliphatic carbocycles. The van der Waals surface area contributed by atoms with Gasteiger partial charge in [0.1, 0.15) is 0 Å². The molecule has 0 heterocycles. The van der Waals surface area contributed by atoms with Crippen LogP contribution in [0.25, 0.3) is 0 Å². The summed E-state index contributed by atoms with van der Waals surface area (Å²) in [5.41, 5.74) is -2.96. The zero-order valence-electron chi connectivity index (χ0n) is 14.2. The highest BCUT2D eigenvalue weighted by Crippen LogP contribution is 2.23. The Bertz CT molecular complexity index is 660. The van der Waals surface area contributed by atoms with Gasteiger partial charge in [-0.2, -0.15) is 0 Å². The number of aliphatic carboxylic acids is 5. The van der Waals surface area contributed by atoms with Crippen molar-refractivity contribution in [1.29, 1.82) is 0 Å². The molecule has 0 aromatic rings. The summed E-state index contributed by atoms with van der Waals surface area (Å²) in [5.74, 6) is -12.4. The van der Waals surface area contributed by atoms with Crippen LogP contribution in [-0.2, 0) is 43.1 Å². The molecule has 0 aromatic heterocycles. The molecule has 0 spiro atoms. The smallest absolute Gasteiger partial charge is 0.375 e. The minimum atomic E-state index is -2.96. The maximum atomic E-state index is 11.4. The largest absolute Gasteiger partial charge is 0.481 e. The van der Waals surface area contributed by atoms with Gasteiger partial charge in [0.25, 0.3) is 0 Å². The first-order valence-corrected chi connectivity index (χ1v) is 7.03. The van der Waals surface area contributed by atoms with E-state index in [1.807, 2.05) is 0 Å². The van der Waals surface area contributed by atoms with Crippen LogP contribution >= 0.6 is 0 Å². The van der Waals surface area contributed by atoms with Gasteiger partial charge in [-0.25, -0.2) is 14.4 Å². The van der Waals surface area contributed by atoms with Crippen LogP contribution in [0, 0.1) is 0 Å². The lowest BCUT2D eigenvalue weighted by atomic mass is 9.95. The summed E-state index contributed by atoms with van der Waals surface area (Å²) in [6.45, 7) is 1.00. The molecule has 28 heavy (non-hydrogen) atoms. The molecule has 0 aromatic carbocycles. The maximum absolute atomic E-state index is 11.4. The zero-order valence-corrected chi connectivity index (χ0v) is 14.2. The third-order valence-electron chi connectivity index (χ3n) is 2.65. The topological polar surface area (TPSA) is 247 Å². The second kappa shape index (κ2) is 11.7. The highest BCUT2D eigenvalue weighted by atomic mass is 16.6. The van der Waals surface area contributed by atoms with Gasteiger partial charge in [-0.15, -0.1) is 0 Å². The van der Waals surface area contributed by atoms with E-state index in [9.17, 15) is 38.4 Å². The Balaban J connectivity index is 0. The molecule has 0 rings (SSSR count). The van der Waals surface area contributed by atoms with E-state index in [2.05, 4.69) is 4.74 Å². The van der Waals surface area contributed by atoms with Crippen molar-refractivity contribution in [1.82, 2.24) is 0 Å². The van der Waals surface area contributed by atoms with E-state index in [-0.39, 0.29) is 0 Å². The van der Waals surface area contributed by atoms with Crippen molar-refractivity contribution in [3.05, 3.63) is 0 Å². The van der Waals surface area contributed by atoms with Crippen LogP contribution in [0.15, 0.2) is 0 Å². The Labute approximate surface area is 155 Å². The van der Waals surface area contributed by atoms with Gasteiger partial charge in [0.05, 0.1) is 19.3 Å². The third-order valence-corrected chi connectivity index (χ3v) is 2.65. The summed E-state index contributed by atoms with van der Waals surface area (Å²) in [6, 6.07) is 0. The highest BCUT2D eigenvalue weighted by molar-refractivity contribution is 6.34. The molecule has 0 aliphatic rings. The Morgan fingerprint density at radius 1 is 0.714 bits per heavy atom. The first kappa shape index (κ1) is 26.4. The van der Waals surface area contributed by atoms with Crippen molar-refractivity contribution in [2.75, 3.05) is 0 Å². The number of rotatable bonds is 11. The van der Waals surface area contributed by atoms with Crippen molar-refractivity contribution >= 4 is 47.4 Å². The van der Waals surface area contributed by atoms with Gasteiger partial charge in [-0.1, -0.05) is 0 Å². The molecule has 0 amide bonds. The molecular formula is C14H16O14. The number of esters is 1. The normalized spacial score (nSPS) is 9.89. The predicted molar refractivity (Wildman–Crippen MR) is 81.2 cm³/mol. The van der Waals surface area contributed by atoms with Crippen LogP contribution in [0.1, 0.15) is 32.6 Å². The number of carboxylic acid groups (broad SMARTS) is 5. The summed E-state index contributed by atoms with van der Waals surface area (Å²) in [5, 5.41) is 42.2. The van der Waals surface area contributed by atoms with Crippen LogP contribution in [0.3, 0.4) is 0 Å². The average Bonchev–Trinajstić information content (AvgIpc) is 2.51. The van der Waals surface area contributed by atoms with E-state index >= 15 is 0 Å². The van der Waals surface area contributed by atoms with Gasteiger partial charge in [0, 0.05) is 13.3 Å². The van der Waals surface area contributed by atoms with E-state index < -0.39 is 78.7 Å². The summed E-state index contributed by atoms with van der Waals surface area (Å²) in [6.07, 6.45) is -4.30. The molecule has 0 aliphatic heterocycles. The minimum absolute atomic E-state index is 0.730. The van der Waals surface area contributed by atoms with Crippen LogP contribution in [0.5, 0.6) is 0 Å². The minimum Gasteiger partial charge on any atom is -0.481 e. The number of Topliss-reactive ketones (excluding diaryl/α,β-unsaturated/α-hetero) is 2. The van der Waals surface area contributed by atoms with Gasteiger partial charge in [0.15, 0.2) is 0 Å². The van der Waals surface area contributed by atoms with Gasteiger partial charge < -0.3 is 30.3 Å². The summed E-state index contributed by atoms with van der Waals surface area (Å²) < 4.78 is 4.27. The molecule has 0 saturated heterocycles. The lowest BCUT2D eigenvalue weighted by molar-refractivity contribution is -0.187. The van der Waals surface area contributed by atoms with E-state index in [0.717, 1.165) is 6.92 Å². The predicted octanol–water partition coefficient (Wildman–Crippen LogP) is -1.60. The quantitative estimate of drug-likeness (QED) is 0.191. The van der Waals surface area contributed by atoms with Crippen LogP contribution < -0.4 is 0 Å². The van der Waals surface area contributed by atoms with Gasteiger partial charge in [0.2, 0.25) is 17.2 Å². The fourth-order valence-corrected chi connectivity index (χ4v) is 1.38. The molecule has 156 valence electrons. The summed E-state index contributed by atoms with van der Waals surface area (Å²) >= 11 is 0. The fourth-order valence-electron chi connectivity index (χ4n) is 1.38. The Kier molecular flexibility index (Phi) is 11.0. The number of ketones is 2. The van der Waals surface area contributed by atoms with Crippen molar-refractivity contribution in [3.8, 4) is 0 Å². The Morgan fingerprint density at radius 3 is 1.36 bits per heavy atom. The first-order valence-electron chi connectivity index (χ1n) is 7.03. The lowest BCUT2D eigenvalue weighted by Gasteiger charge is -2.25. The molecule has 0 unspecified atom stereocenters. The third kappa shape index (κ3) is 10.9. The van der Waals surface area contributed by atoms with E-state index in [1.165, 1.54) is 0 Å². The molecule has 5 N–H and O–H groups in total. The van der Waals surface area contributed by atoms with Gasteiger partial charge in [-0.3, -0.25) is 24.0 Å². The molecule has 0 radical (unpaired) electrons. The fraction of sp³-hybridized carbons (Fsp3) is 0.429. The SMILES string of the molecule is CC(=O)C(=O)O.O=C(O)CCC(=O)C(=O)OC(CC(=O)O)(CC(=O)O)C(=O)O. The van der Waals surface area contributed by atoms with Crippen molar-refractivity contribution in [2.24, 2.45) is 0 Å². The summed E-state index contributed by atoms with van der Waals surface area (Å²) in [7, 11) is 0. The molecule has 0 bridgehead atoms. The van der Waals surface area contributed by atoms with Crippen molar-refractivity contribution in [3.63, 3.8) is 0 Å². The van der Waals surface area contributed by atoms with E-state index in [4.69, 9.17) is 25.5 Å². The number of carboxylic acids is 5. The average molecular weight is 408 g/mol. The Morgan fingerprint density at radius 2 is 1.11 bits per heavy atom. The van der Waals surface area contributed by atoms with E-state index in [1.54, 1.807) is 0 Å². The second-order valence-corrected chi connectivity index (χ2v) is 5.01. The number of ether oxygens (including phenoxy) is 1. The molecular weight excluding hydrogens is 392 g/mol. The molecule has 14 heteroatoms.